The summed E-state index contributed by atoms with van der Waals surface area (Å²) in [5.41, 5.74) is 0.797. The van der Waals surface area contributed by atoms with Crippen molar-refractivity contribution in [3.8, 4) is 0 Å². The highest BCUT2D eigenvalue weighted by Gasteiger charge is 2.62. The van der Waals surface area contributed by atoms with E-state index in [0.717, 1.165) is 25.7 Å². The predicted octanol–water partition coefficient (Wildman–Crippen LogP) is 3.75. The van der Waals surface area contributed by atoms with Crippen LogP contribution < -0.4 is 0 Å². The van der Waals surface area contributed by atoms with Crippen molar-refractivity contribution >= 4 is 23.6 Å². The van der Waals surface area contributed by atoms with Crippen LogP contribution in [0.25, 0.3) is 0 Å². The predicted molar refractivity (Wildman–Crippen MR) is 106 cm³/mol. The van der Waals surface area contributed by atoms with E-state index in [1.165, 1.54) is 17.6 Å². The molecule has 0 heterocycles. The molecule has 4 aliphatic carbocycles. The number of hydrogen-bond donors (Lipinski definition) is 1. The normalized spacial score (nSPS) is 45.7. The number of carbonyl (C=O) groups is 2. The Morgan fingerprint density at radius 1 is 1.33 bits per heavy atom. The molecule has 0 aromatic rings. The number of ketones is 2. The molecule has 7 atom stereocenters. The van der Waals surface area contributed by atoms with Crippen LogP contribution in [0, 0.1) is 34.5 Å². The standard InChI is InChI=1S/C22H30O4S/c1-21-9-8-14(23)10-13(21)4-5-15-16-6-7-17(19(25)12-26-27-3)22(16,2)11-18(24)20(15)21/h8-10,15-18,20,24H,4-7,11-12H2,1-3H3. The van der Waals surface area contributed by atoms with Gasteiger partial charge >= 0.3 is 0 Å². The average Bonchev–Trinajstić information content (AvgIpc) is 2.96. The number of allylic oxidation sites excluding steroid dienone is 4. The molecule has 0 radical (unpaired) electrons. The Labute approximate surface area is 166 Å². The van der Waals surface area contributed by atoms with Crippen molar-refractivity contribution in [3.63, 3.8) is 0 Å². The first-order valence-corrected chi connectivity index (χ1v) is 11.3. The highest BCUT2D eigenvalue weighted by Crippen LogP contribution is 2.66. The monoisotopic (exact) mass is 390 g/mol. The molecule has 0 bridgehead atoms. The molecule has 0 saturated heterocycles. The Kier molecular flexibility index (Phi) is 4.93. The molecular formula is C22H30O4S. The Hall–Kier alpha value is -0.910. The van der Waals surface area contributed by atoms with Crippen LogP contribution in [0.3, 0.4) is 0 Å². The Morgan fingerprint density at radius 3 is 2.85 bits per heavy atom. The molecular weight excluding hydrogens is 360 g/mol. The van der Waals surface area contributed by atoms with E-state index >= 15 is 0 Å². The third-order valence-electron chi connectivity index (χ3n) is 8.20. The van der Waals surface area contributed by atoms with Gasteiger partial charge in [-0.25, -0.2) is 0 Å². The van der Waals surface area contributed by atoms with Gasteiger partial charge in [-0.3, -0.25) is 9.59 Å². The van der Waals surface area contributed by atoms with Gasteiger partial charge in [0.1, 0.15) is 6.61 Å². The lowest BCUT2D eigenvalue weighted by molar-refractivity contribution is -0.140. The maximum atomic E-state index is 12.8. The van der Waals surface area contributed by atoms with Crippen LogP contribution in [0.5, 0.6) is 0 Å². The van der Waals surface area contributed by atoms with Crippen molar-refractivity contribution in [3.05, 3.63) is 23.8 Å². The van der Waals surface area contributed by atoms with E-state index in [0.29, 0.717) is 18.3 Å². The van der Waals surface area contributed by atoms with Crippen molar-refractivity contribution in [2.75, 3.05) is 12.9 Å². The van der Waals surface area contributed by atoms with E-state index < -0.39 is 6.10 Å². The van der Waals surface area contributed by atoms with Crippen molar-refractivity contribution in [1.82, 2.24) is 0 Å². The van der Waals surface area contributed by atoms with Crippen LogP contribution in [-0.2, 0) is 13.8 Å². The lowest BCUT2D eigenvalue weighted by Crippen LogP contribution is -2.56. The second-order valence-electron chi connectivity index (χ2n) is 9.33. The third kappa shape index (κ3) is 2.89. The second kappa shape index (κ2) is 6.85. The zero-order chi connectivity index (χ0) is 19.4. The summed E-state index contributed by atoms with van der Waals surface area (Å²) in [5, 5.41) is 11.3. The first-order chi connectivity index (χ1) is 12.8. The molecule has 4 nitrogen and oxygen atoms in total. The zero-order valence-corrected chi connectivity index (χ0v) is 17.3. The number of rotatable bonds is 4. The van der Waals surface area contributed by atoms with Crippen LogP contribution in [-0.4, -0.2) is 35.6 Å². The largest absolute Gasteiger partial charge is 0.393 e. The summed E-state index contributed by atoms with van der Waals surface area (Å²) in [5.74, 6) is 1.23. The SMILES string of the molecule is CSOCC(=O)C1CCC2C3CCC4=CC(=O)C=CC4(C)C3C(O)CC12C. The summed E-state index contributed by atoms with van der Waals surface area (Å²) >= 11 is 1.24. The molecule has 0 aromatic carbocycles. The summed E-state index contributed by atoms with van der Waals surface area (Å²) in [6, 6.07) is 0. The molecule has 3 saturated carbocycles. The van der Waals surface area contributed by atoms with E-state index in [4.69, 9.17) is 4.18 Å². The Balaban J connectivity index is 1.64. The van der Waals surface area contributed by atoms with Gasteiger partial charge in [0.25, 0.3) is 0 Å². The van der Waals surface area contributed by atoms with Crippen LogP contribution >= 0.6 is 12.0 Å². The number of carbonyl (C=O) groups excluding carboxylic acids is 2. The molecule has 27 heavy (non-hydrogen) atoms. The fourth-order valence-corrected chi connectivity index (χ4v) is 7.31. The first kappa shape index (κ1) is 19.4. The lowest BCUT2D eigenvalue weighted by Gasteiger charge is -2.58. The van der Waals surface area contributed by atoms with E-state index in [2.05, 4.69) is 13.8 Å². The minimum absolute atomic E-state index is 0.0153. The maximum Gasteiger partial charge on any atom is 0.178 e. The van der Waals surface area contributed by atoms with E-state index in [1.54, 1.807) is 12.2 Å². The summed E-state index contributed by atoms with van der Waals surface area (Å²) in [6.07, 6.45) is 11.4. The van der Waals surface area contributed by atoms with Gasteiger partial charge in [-0.05, 0) is 73.5 Å². The summed E-state index contributed by atoms with van der Waals surface area (Å²) < 4.78 is 5.32. The number of aliphatic hydroxyl groups excluding tert-OH is 1. The summed E-state index contributed by atoms with van der Waals surface area (Å²) in [6.45, 7) is 4.57. The zero-order valence-electron chi connectivity index (χ0n) is 16.4. The third-order valence-corrected chi connectivity index (χ3v) is 8.55. The highest BCUT2D eigenvalue weighted by molar-refractivity contribution is 7.93. The quantitative estimate of drug-likeness (QED) is 0.741. The number of fused-ring (bicyclic) bond motifs is 5. The van der Waals surface area contributed by atoms with E-state index in [-0.39, 0.29) is 40.8 Å². The van der Waals surface area contributed by atoms with Crippen molar-refractivity contribution in [2.24, 2.45) is 34.5 Å². The van der Waals surface area contributed by atoms with Crippen LogP contribution in [0.2, 0.25) is 0 Å². The summed E-state index contributed by atoms with van der Waals surface area (Å²) in [7, 11) is 0. The molecule has 3 fully saturated rings. The minimum Gasteiger partial charge on any atom is -0.393 e. The van der Waals surface area contributed by atoms with Crippen LogP contribution in [0.1, 0.15) is 46.0 Å². The van der Waals surface area contributed by atoms with Gasteiger partial charge in [0, 0.05) is 23.5 Å². The van der Waals surface area contributed by atoms with Gasteiger partial charge in [-0.15, -0.1) is 0 Å². The van der Waals surface area contributed by atoms with Gasteiger partial charge in [0.2, 0.25) is 0 Å². The Morgan fingerprint density at radius 2 is 2.11 bits per heavy atom. The molecule has 148 valence electrons. The average molecular weight is 391 g/mol. The molecule has 1 N–H and O–H groups in total. The molecule has 0 spiro atoms. The maximum absolute atomic E-state index is 12.8. The molecule has 4 rings (SSSR count). The number of Topliss-reactive ketones (excluding diaryl/α,β-unsaturated/α-hetero) is 1. The molecule has 4 aliphatic rings. The second-order valence-corrected chi connectivity index (χ2v) is 9.89. The van der Waals surface area contributed by atoms with Crippen LogP contribution in [0.15, 0.2) is 23.8 Å². The smallest absolute Gasteiger partial charge is 0.178 e. The molecule has 0 aliphatic heterocycles. The minimum atomic E-state index is -0.447. The number of aliphatic hydroxyl groups is 1. The molecule has 0 amide bonds. The van der Waals surface area contributed by atoms with E-state index in [9.17, 15) is 14.7 Å². The van der Waals surface area contributed by atoms with Gasteiger partial charge in [-0.1, -0.05) is 25.5 Å². The fourth-order valence-electron chi connectivity index (χ4n) is 7.07. The molecule has 0 aromatic heterocycles. The van der Waals surface area contributed by atoms with Crippen molar-refractivity contribution in [1.29, 1.82) is 0 Å². The van der Waals surface area contributed by atoms with Crippen molar-refractivity contribution in [2.45, 2.75) is 52.1 Å². The summed E-state index contributed by atoms with van der Waals surface area (Å²) in [4.78, 5) is 24.6. The topological polar surface area (TPSA) is 63.6 Å². The van der Waals surface area contributed by atoms with Crippen molar-refractivity contribution < 1.29 is 18.9 Å². The fraction of sp³-hybridized carbons (Fsp3) is 0.727. The van der Waals surface area contributed by atoms with Gasteiger partial charge < -0.3 is 9.29 Å². The van der Waals surface area contributed by atoms with Gasteiger partial charge in [0.05, 0.1) is 6.10 Å². The Bertz CT molecular complexity index is 713. The molecule has 7 unspecified atom stereocenters. The van der Waals surface area contributed by atoms with Gasteiger partial charge in [-0.2, -0.15) is 0 Å². The lowest BCUT2D eigenvalue weighted by atomic mass is 9.46. The van der Waals surface area contributed by atoms with Crippen LogP contribution in [0.4, 0.5) is 0 Å². The van der Waals surface area contributed by atoms with Gasteiger partial charge in [0.15, 0.2) is 11.6 Å². The number of hydrogen-bond acceptors (Lipinski definition) is 5. The van der Waals surface area contributed by atoms with E-state index in [1.807, 2.05) is 12.3 Å². The molecule has 5 heteroatoms. The highest BCUT2D eigenvalue weighted by atomic mass is 32.2. The first-order valence-electron chi connectivity index (χ1n) is 10.1.